The van der Waals surface area contributed by atoms with Crippen LogP contribution < -0.4 is 11.2 Å². The molecule has 3 heterocycles. The zero-order valence-corrected chi connectivity index (χ0v) is 14.3. The van der Waals surface area contributed by atoms with Crippen molar-refractivity contribution in [1.82, 2.24) is 19.1 Å². The molecule has 0 aromatic carbocycles. The van der Waals surface area contributed by atoms with Crippen molar-refractivity contribution in [2.75, 3.05) is 0 Å². The van der Waals surface area contributed by atoms with Crippen LogP contribution in [0, 0.1) is 13.8 Å². The van der Waals surface area contributed by atoms with Gasteiger partial charge in [-0.15, -0.1) is 11.3 Å². The molecule has 0 aliphatic heterocycles. The average molecular weight is 370 g/mol. The van der Waals surface area contributed by atoms with E-state index in [9.17, 15) is 22.8 Å². The van der Waals surface area contributed by atoms with Gasteiger partial charge in [0.15, 0.2) is 0 Å². The van der Waals surface area contributed by atoms with Crippen molar-refractivity contribution >= 4 is 22.4 Å². The lowest BCUT2D eigenvalue weighted by atomic mass is 10.2. The molecule has 3 aromatic heterocycles. The molecular formula is C15H13F3N4O2S. The molecule has 0 atom stereocenters. The Kier molecular flexibility index (Phi) is 4.02. The molecule has 3 aromatic rings. The van der Waals surface area contributed by atoms with E-state index in [1.165, 1.54) is 18.4 Å². The van der Waals surface area contributed by atoms with Crippen molar-refractivity contribution in [3.8, 4) is 0 Å². The van der Waals surface area contributed by atoms with Gasteiger partial charge in [-0.1, -0.05) is 0 Å². The summed E-state index contributed by atoms with van der Waals surface area (Å²) < 4.78 is 40.3. The number of hydrogen-bond donors (Lipinski definition) is 0. The lowest BCUT2D eigenvalue weighted by Crippen LogP contribution is -2.39. The van der Waals surface area contributed by atoms with Gasteiger partial charge in [-0.2, -0.15) is 13.2 Å². The van der Waals surface area contributed by atoms with Crippen molar-refractivity contribution in [3.05, 3.63) is 54.2 Å². The van der Waals surface area contributed by atoms with Gasteiger partial charge in [0.05, 0.1) is 17.6 Å². The molecule has 0 saturated heterocycles. The van der Waals surface area contributed by atoms with E-state index in [4.69, 9.17) is 0 Å². The standard InChI is InChI=1S/C15H13F3N4O2S/c1-7-8(2)25-11(19-7)6-22-13(23)9-4-5-10(15(16,17)18)20-12(9)21(3)14(22)24/h4-5H,6H2,1-3H3. The molecule has 10 heteroatoms. The third-order valence-corrected chi connectivity index (χ3v) is 4.90. The van der Waals surface area contributed by atoms with Crippen LogP contribution in [0.5, 0.6) is 0 Å². The van der Waals surface area contributed by atoms with E-state index in [0.717, 1.165) is 31.8 Å². The van der Waals surface area contributed by atoms with Gasteiger partial charge < -0.3 is 0 Å². The lowest BCUT2D eigenvalue weighted by molar-refractivity contribution is -0.141. The number of rotatable bonds is 2. The average Bonchev–Trinajstić information content (AvgIpc) is 2.86. The van der Waals surface area contributed by atoms with E-state index in [2.05, 4.69) is 9.97 Å². The number of alkyl halides is 3. The van der Waals surface area contributed by atoms with Crippen LogP contribution in [0.15, 0.2) is 21.7 Å². The summed E-state index contributed by atoms with van der Waals surface area (Å²) in [7, 11) is 1.28. The molecule has 3 rings (SSSR count). The fourth-order valence-electron chi connectivity index (χ4n) is 2.41. The minimum absolute atomic E-state index is 0.0399. The molecule has 0 aliphatic carbocycles. The number of aromatic nitrogens is 4. The largest absolute Gasteiger partial charge is 0.433 e. The number of thiazole rings is 1. The van der Waals surface area contributed by atoms with E-state index in [0.29, 0.717) is 5.01 Å². The minimum Gasteiger partial charge on any atom is -0.280 e. The van der Waals surface area contributed by atoms with E-state index >= 15 is 0 Å². The minimum atomic E-state index is -4.66. The fraction of sp³-hybridized carbons (Fsp3) is 0.333. The van der Waals surface area contributed by atoms with Crippen molar-refractivity contribution in [1.29, 1.82) is 0 Å². The van der Waals surface area contributed by atoms with E-state index in [-0.39, 0.29) is 17.6 Å². The summed E-state index contributed by atoms with van der Waals surface area (Å²) in [6.07, 6.45) is -4.66. The molecule has 0 spiro atoms. The number of nitrogens with zero attached hydrogens (tertiary/aromatic N) is 4. The molecule has 0 aliphatic rings. The van der Waals surface area contributed by atoms with Crippen LogP contribution in [0.1, 0.15) is 21.3 Å². The first-order valence-corrected chi connectivity index (χ1v) is 8.02. The Morgan fingerprint density at radius 1 is 1.16 bits per heavy atom. The molecule has 0 saturated carbocycles. The van der Waals surface area contributed by atoms with Gasteiger partial charge in [0, 0.05) is 11.9 Å². The Labute approximate surface area is 143 Å². The maximum Gasteiger partial charge on any atom is 0.433 e. The number of pyridine rings is 1. The zero-order valence-electron chi connectivity index (χ0n) is 13.5. The summed E-state index contributed by atoms with van der Waals surface area (Å²) in [5.41, 5.74) is -2.08. The highest BCUT2D eigenvalue weighted by atomic mass is 32.1. The predicted octanol–water partition coefficient (Wildman–Crippen LogP) is 2.24. The fourth-order valence-corrected chi connectivity index (χ4v) is 3.34. The normalized spacial score (nSPS) is 12.1. The van der Waals surface area contributed by atoms with Crippen molar-refractivity contribution in [2.45, 2.75) is 26.6 Å². The molecule has 0 amide bonds. The Morgan fingerprint density at radius 3 is 2.40 bits per heavy atom. The highest BCUT2D eigenvalue weighted by molar-refractivity contribution is 7.11. The van der Waals surface area contributed by atoms with E-state index < -0.39 is 23.1 Å². The molecule has 0 bridgehead atoms. The molecule has 0 unspecified atom stereocenters. The maximum atomic E-state index is 12.8. The molecule has 0 fully saturated rings. The second-order valence-electron chi connectivity index (χ2n) is 5.55. The van der Waals surface area contributed by atoms with Crippen LogP contribution in [0.2, 0.25) is 0 Å². The van der Waals surface area contributed by atoms with Gasteiger partial charge in [-0.25, -0.2) is 14.8 Å². The molecule has 6 nitrogen and oxygen atoms in total. The highest BCUT2D eigenvalue weighted by Gasteiger charge is 2.33. The predicted molar refractivity (Wildman–Crippen MR) is 86.9 cm³/mol. The quantitative estimate of drug-likeness (QED) is 0.694. The third kappa shape index (κ3) is 2.97. The molecule has 25 heavy (non-hydrogen) atoms. The molecular weight excluding hydrogens is 357 g/mol. The number of fused-ring (bicyclic) bond motifs is 1. The summed E-state index contributed by atoms with van der Waals surface area (Å²) in [5.74, 6) is 0. The summed E-state index contributed by atoms with van der Waals surface area (Å²) in [4.78, 5) is 33.7. The van der Waals surface area contributed by atoms with E-state index in [1.807, 2.05) is 13.8 Å². The topological polar surface area (TPSA) is 69.8 Å². The first-order chi connectivity index (χ1) is 11.6. The summed E-state index contributed by atoms with van der Waals surface area (Å²) in [5, 5.41) is 0.522. The van der Waals surface area contributed by atoms with Crippen LogP contribution >= 0.6 is 11.3 Å². The SMILES string of the molecule is Cc1nc(Cn2c(=O)c3ccc(C(F)(F)F)nc3n(C)c2=O)sc1C. The Hall–Kier alpha value is -2.49. The summed E-state index contributed by atoms with van der Waals surface area (Å²) in [6, 6.07) is 1.78. The lowest BCUT2D eigenvalue weighted by Gasteiger charge is -2.11. The van der Waals surface area contributed by atoms with Crippen molar-refractivity contribution in [2.24, 2.45) is 7.05 Å². The van der Waals surface area contributed by atoms with Crippen LogP contribution in [0.3, 0.4) is 0 Å². The van der Waals surface area contributed by atoms with E-state index in [1.54, 1.807) is 0 Å². The maximum absolute atomic E-state index is 12.8. The molecule has 0 radical (unpaired) electrons. The van der Waals surface area contributed by atoms with Crippen LogP contribution in [-0.4, -0.2) is 19.1 Å². The third-order valence-electron chi connectivity index (χ3n) is 3.84. The van der Waals surface area contributed by atoms with Crippen LogP contribution in [0.25, 0.3) is 11.0 Å². The van der Waals surface area contributed by atoms with Gasteiger partial charge in [-0.3, -0.25) is 13.9 Å². The monoisotopic (exact) mass is 370 g/mol. The Balaban J connectivity index is 2.22. The van der Waals surface area contributed by atoms with Gasteiger partial charge >= 0.3 is 11.9 Å². The van der Waals surface area contributed by atoms with Gasteiger partial charge in [0.1, 0.15) is 16.3 Å². The van der Waals surface area contributed by atoms with Crippen molar-refractivity contribution < 1.29 is 13.2 Å². The Morgan fingerprint density at radius 2 is 1.84 bits per heavy atom. The number of aryl methyl sites for hydroxylation is 3. The summed E-state index contributed by atoms with van der Waals surface area (Å²) >= 11 is 1.36. The van der Waals surface area contributed by atoms with Gasteiger partial charge in [0.25, 0.3) is 5.56 Å². The zero-order chi connectivity index (χ0) is 18.5. The summed E-state index contributed by atoms with van der Waals surface area (Å²) in [6.45, 7) is 3.65. The molecule has 0 N–H and O–H groups in total. The van der Waals surface area contributed by atoms with Crippen molar-refractivity contribution in [3.63, 3.8) is 0 Å². The van der Waals surface area contributed by atoms with Crippen LogP contribution in [-0.2, 0) is 19.8 Å². The number of hydrogen-bond acceptors (Lipinski definition) is 5. The smallest absolute Gasteiger partial charge is 0.280 e. The van der Waals surface area contributed by atoms with Gasteiger partial charge in [0.2, 0.25) is 0 Å². The van der Waals surface area contributed by atoms with Crippen LogP contribution in [0.4, 0.5) is 13.2 Å². The Bertz CT molecular complexity index is 1080. The first kappa shape index (κ1) is 17.3. The highest BCUT2D eigenvalue weighted by Crippen LogP contribution is 2.28. The van der Waals surface area contributed by atoms with Gasteiger partial charge in [-0.05, 0) is 26.0 Å². The first-order valence-electron chi connectivity index (χ1n) is 7.20. The second-order valence-corrected chi connectivity index (χ2v) is 6.84. The number of halogens is 3. The molecule has 132 valence electrons. The second kappa shape index (κ2) is 5.80.